The highest BCUT2D eigenvalue weighted by molar-refractivity contribution is 6.07. The summed E-state index contributed by atoms with van der Waals surface area (Å²) < 4.78 is 21.3. The van der Waals surface area contributed by atoms with Crippen molar-refractivity contribution in [3.8, 4) is 17.2 Å². The molecule has 0 saturated carbocycles. The molecule has 0 aliphatic carbocycles. The van der Waals surface area contributed by atoms with Crippen LogP contribution in [0.25, 0.3) is 11.1 Å². The molecule has 7 heteroatoms. The van der Waals surface area contributed by atoms with Crippen LogP contribution in [0.5, 0.6) is 17.2 Å². The van der Waals surface area contributed by atoms with Gasteiger partial charge in [0, 0.05) is 12.6 Å². The minimum Gasteiger partial charge on any atom is -0.493 e. The average molecular weight is 342 g/mol. The van der Waals surface area contributed by atoms with Gasteiger partial charge in [-0.1, -0.05) is 0 Å². The first-order valence-electron chi connectivity index (χ1n) is 7.55. The van der Waals surface area contributed by atoms with Crippen LogP contribution in [0.4, 0.5) is 5.69 Å². The lowest BCUT2D eigenvalue weighted by Crippen LogP contribution is -2.14. The number of nitrogens with zero attached hydrogens (tertiary/aromatic N) is 1. The highest BCUT2D eigenvalue weighted by Crippen LogP contribution is 2.40. The molecule has 0 bridgehead atoms. The largest absolute Gasteiger partial charge is 0.493 e. The molecule has 0 unspecified atom stereocenters. The summed E-state index contributed by atoms with van der Waals surface area (Å²) in [5.41, 5.74) is 2.27. The van der Waals surface area contributed by atoms with E-state index in [1.165, 1.54) is 21.3 Å². The summed E-state index contributed by atoms with van der Waals surface area (Å²) in [7, 11) is 4.48. The third-order valence-corrected chi connectivity index (χ3v) is 3.70. The van der Waals surface area contributed by atoms with Gasteiger partial charge in [-0.15, -0.1) is 0 Å². The van der Waals surface area contributed by atoms with E-state index in [-0.39, 0.29) is 5.91 Å². The summed E-state index contributed by atoms with van der Waals surface area (Å²) >= 11 is 0. The van der Waals surface area contributed by atoms with Crippen molar-refractivity contribution in [3.63, 3.8) is 0 Å². The molecule has 3 aromatic rings. The van der Waals surface area contributed by atoms with E-state index in [2.05, 4.69) is 10.3 Å². The summed E-state index contributed by atoms with van der Waals surface area (Å²) in [4.78, 5) is 16.9. The predicted molar refractivity (Wildman–Crippen MR) is 92.8 cm³/mol. The van der Waals surface area contributed by atoms with Gasteiger partial charge in [-0.25, -0.2) is 4.98 Å². The van der Waals surface area contributed by atoms with E-state index in [4.69, 9.17) is 18.6 Å². The highest BCUT2D eigenvalue weighted by atomic mass is 16.5. The Morgan fingerprint density at radius 1 is 1.04 bits per heavy atom. The zero-order valence-corrected chi connectivity index (χ0v) is 14.4. The van der Waals surface area contributed by atoms with E-state index in [0.717, 1.165) is 0 Å². The molecular formula is C18H18N2O5. The standard InChI is InChI=1S/C18H18N2O5/c1-10-19-13-9-11(5-7-14(13)25-10)20-18(21)12-6-8-15(22-2)17(24-4)16(12)23-3/h5-9H,1-4H3,(H,20,21). The normalized spacial score (nSPS) is 10.6. The van der Waals surface area contributed by atoms with Crippen molar-refractivity contribution < 1.29 is 23.4 Å². The van der Waals surface area contributed by atoms with Crippen molar-refractivity contribution in [2.75, 3.05) is 26.6 Å². The maximum atomic E-state index is 12.7. The number of amides is 1. The van der Waals surface area contributed by atoms with Crippen molar-refractivity contribution >= 4 is 22.7 Å². The van der Waals surface area contributed by atoms with Gasteiger partial charge >= 0.3 is 0 Å². The van der Waals surface area contributed by atoms with E-state index in [9.17, 15) is 4.79 Å². The van der Waals surface area contributed by atoms with Gasteiger partial charge in [0.15, 0.2) is 23.0 Å². The predicted octanol–water partition coefficient (Wildman–Crippen LogP) is 3.41. The molecule has 1 amide bonds. The third-order valence-electron chi connectivity index (χ3n) is 3.70. The van der Waals surface area contributed by atoms with E-state index < -0.39 is 0 Å². The number of methoxy groups -OCH3 is 3. The Morgan fingerprint density at radius 2 is 1.80 bits per heavy atom. The van der Waals surface area contributed by atoms with E-state index in [1.807, 2.05) is 0 Å². The lowest BCUT2D eigenvalue weighted by molar-refractivity contribution is 0.102. The Kier molecular flexibility index (Phi) is 4.47. The van der Waals surface area contributed by atoms with Gasteiger partial charge in [0.25, 0.3) is 5.91 Å². The smallest absolute Gasteiger partial charge is 0.259 e. The molecule has 0 saturated heterocycles. The van der Waals surface area contributed by atoms with Crippen molar-refractivity contribution in [2.45, 2.75) is 6.92 Å². The summed E-state index contributed by atoms with van der Waals surface area (Å²) in [5, 5.41) is 2.83. The van der Waals surface area contributed by atoms with Crippen molar-refractivity contribution in [1.29, 1.82) is 0 Å². The van der Waals surface area contributed by atoms with Crippen LogP contribution in [-0.2, 0) is 0 Å². The summed E-state index contributed by atoms with van der Waals surface area (Å²) in [6.45, 7) is 1.77. The first kappa shape index (κ1) is 16.6. The molecule has 0 atom stereocenters. The highest BCUT2D eigenvalue weighted by Gasteiger charge is 2.21. The SMILES string of the molecule is COc1ccc(C(=O)Nc2ccc3oc(C)nc3c2)c(OC)c1OC. The maximum absolute atomic E-state index is 12.7. The Labute approximate surface area is 144 Å². The van der Waals surface area contributed by atoms with Crippen LogP contribution in [0, 0.1) is 6.92 Å². The molecule has 25 heavy (non-hydrogen) atoms. The molecule has 7 nitrogen and oxygen atoms in total. The van der Waals surface area contributed by atoms with Gasteiger partial charge in [0.05, 0.1) is 26.9 Å². The second-order valence-corrected chi connectivity index (χ2v) is 5.25. The van der Waals surface area contributed by atoms with Gasteiger partial charge in [0.1, 0.15) is 5.52 Å². The molecule has 0 fully saturated rings. The van der Waals surface area contributed by atoms with E-state index >= 15 is 0 Å². The number of anilines is 1. The minimum atomic E-state index is -0.336. The summed E-state index contributed by atoms with van der Waals surface area (Å²) in [5.74, 6) is 1.38. The number of aromatic nitrogens is 1. The quantitative estimate of drug-likeness (QED) is 0.765. The van der Waals surface area contributed by atoms with Crippen LogP contribution in [0.3, 0.4) is 0 Å². The number of carbonyl (C=O) groups is 1. The van der Waals surface area contributed by atoms with E-state index in [1.54, 1.807) is 37.3 Å². The number of carbonyl (C=O) groups excluding carboxylic acids is 1. The molecule has 130 valence electrons. The average Bonchev–Trinajstić information content (AvgIpc) is 2.99. The topological polar surface area (TPSA) is 82.8 Å². The van der Waals surface area contributed by atoms with Gasteiger partial charge in [-0.05, 0) is 30.3 Å². The second-order valence-electron chi connectivity index (χ2n) is 5.25. The number of benzene rings is 2. The van der Waals surface area contributed by atoms with Crippen LogP contribution in [0.2, 0.25) is 0 Å². The molecule has 0 aliphatic heterocycles. The Bertz CT molecular complexity index is 933. The summed E-state index contributed by atoms with van der Waals surface area (Å²) in [6.07, 6.45) is 0. The molecule has 0 spiro atoms. The first-order valence-corrected chi connectivity index (χ1v) is 7.55. The number of ether oxygens (including phenoxy) is 3. The van der Waals surface area contributed by atoms with Gasteiger partial charge in [-0.3, -0.25) is 4.79 Å². The van der Waals surface area contributed by atoms with Crippen LogP contribution >= 0.6 is 0 Å². The first-order chi connectivity index (χ1) is 12.1. The van der Waals surface area contributed by atoms with Crippen molar-refractivity contribution in [1.82, 2.24) is 4.98 Å². The number of hydrogen-bond donors (Lipinski definition) is 1. The number of nitrogens with one attached hydrogen (secondary N) is 1. The molecule has 0 aliphatic rings. The van der Waals surface area contributed by atoms with Gasteiger partial charge < -0.3 is 23.9 Å². The maximum Gasteiger partial charge on any atom is 0.259 e. The van der Waals surface area contributed by atoms with Crippen LogP contribution in [0.15, 0.2) is 34.7 Å². The molecular weight excluding hydrogens is 324 g/mol. The van der Waals surface area contributed by atoms with E-state index in [0.29, 0.717) is 45.5 Å². The third kappa shape index (κ3) is 3.08. The molecule has 1 heterocycles. The fourth-order valence-corrected chi connectivity index (χ4v) is 2.60. The molecule has 2 aromatic carbocycles. The second kappa shape index (κ2) is 6.72. The zero-order valence-electron chi connectivity index (χ0n) is 14.4. The molecule has 3 rings (SSSR count). The Balaban J connectivity index is 1.94. The van der Waals surface area contributed by atoms with Crippen molar-refractivity contribution in [3.05, 3.63) is 41.8 Å². The molecule has 1 aromatic heterocycles. The number of rotatable bonds is 5. The fraction of sp³-hybridized carbons (Fsp3) is 0.222. The van der Waals surface area contributed by atoms with Crippen molar-refractivity contribution in [2.24, 2.45) is 0 Å². The molecule has 0 radical (unpaired) electrons. The van der Waals surface area contributed by atoms with Crippen LogP contribution in [0.1, 0.15) is 16.2 Å². The lowest BCUT2D eigenvalue weighted by atomic mass is 10.1. The minimum absolute atomic E-state index is 0.303. The number of fused-ring (bicyclic) bond motifs is 1. The van der Waals surface area contributed by atoms with Crippen LogP contribution in [-0.4, -0.2) is 32.2 Å². The number of aryl methyl sites for hydroxylation is 1. The van der Waals surface area contributed by atoms with Gasteiger partial charge in [0.2, 0.25) is 5.75 Å². The van der Waals surface area contributed by atoms with Gasteiger partial charge in [-0.2, -0.15) is 0 Å². The zero-order chi connectivity index (χ0) is 18.0. The Morgan fingerprint density at radius 3 is 2.48 bits per heavy atom. The number of oxazole rings is 1. The monoisotopic (exact) mass is 342 g/mol. The van der Waals surface area contributed by atoms with Crippen LogP contribution < -0.4 is 19.5 Å². The molecule has 1 N–H and O–H groups in total. The number of hydrogen-bond acceptors (Lipinski definition) is 6. The fourth-order valence-electron chi connectivity index (χ4n) is 2.60. The summed E-state index contributed by atoms with van der Waals surface area (Å²) in [6, 6.07) is 8.53. The Hall–Kier alpha value is -3.22. The lowest BCUT2D eigenvalue weighted by Gasteiger charge is -2.15.